The molecule has 2 atom stereocenters. The number of halogens is 1. The van der Waals surface area contributed by atoms with E-state index >= 15 is 0 Å². The Morgan fingerprint density at radius 3 is 2.44 bits per heavy atom. The highest BCUT2D eigenvalue weighted by atomic mass is 35.5. The molecule has 9 heteroatoms. The number of nitrogens with one attached hydrogen (secondary N) is 1. The summed E-state index contributed by atoms with van der Waals surface area (Å²) < 4.78 is 36.9. The summed E-state index contributed by atoms with van der Waals surface area (Å²) in [6.45, 7) is 4.10. The standard InChI is InChI=1S/C27H30ClNO6S/c1-4-35-27(31)24-16-22(34-3)10-13-26(24)36(32,33)23-11-8-19(9-12-23)14-18(2)29-17-25(30)20-6-5-7-21(28)15-20/h5-13,15-16,18,25,29-30H,4,14,17H2,1-3H3/t18-,25-/m1/s1. The summed E-state index contributed by atoms with van der Waals surface area (Å²) in [6, 6.07) is 17.9. The van der Waals surface area contributed by atoms with E-state index in [9.17, 15) is 18.3 Å². The van der Waals surface area contributed by atoms with Crippen molar-refractivity contribution >= 4 is 27.4 Å². The molecule has 0 aliphatic heterocycles. The maximum absolute atomic E-state index is 13.3. The normalized spacial score (nSPS) is 13.1. The maximum atomic E-state index is 13.3. The molecule has 0 saturated heterocycles. The average Bonchev–Trinajstić information content (AvgIpc) is 2.87. The van der Waals surface area contributed by atoms with Gasteiger partial charge in [0.2, 0.25) is 9.84 Å². The van der Waals surface area contributed by atoms with Crippen molar-refractivity contribution in [3.63, 3.8) is 0 Å². The molecule has 0 aromatic heterocycles. The largest absolute Gasteiger partial charge is 0.497 e. The molecule has 192 valence electrons. The SMILES string of the molecule is CCOC(=O)c1cc(OC)ccc1S(=O)(=O)c1ccc(C[C@@H](C)NC[C@@H](O)c2cccc(Cl)c2)cc1. The van der Waals surface area contributed by atoms with Crippen molar-refractivity contribution in [2.45, 2.75) is 42.2 Å². The van der Waals surface area contributed by atoms with Gasteiger partial charge in [0.15, 0.2) is 0 Å². The first-order valence-electron chi connectivity index (χ1n) is 11.5. The Kier molecular flexibility index (Phi) is 9.50. The number of sulfone groups is 1. The number of aliphatic hydroxyl groups is 1. The molecule has 2 N–H and O–H groups in total. The predicted octanol–water partition coefficient (Wildman–Crippen LogP) is 4.61. The lowest BCUT2D eigenvalue weighted by Crippen LogP contribution is -2.32. The van der Waals surface area contributed by atoms with Crippen LogP contribution >= 0.6 is 11.6 Å². The van der Waals surface area contributed by atoms with E-state index in [2.05, 4.69) is 5.32 Å². The Morgan fingerprint density at radius 1 is 1.08 bits per heavy atom. The molecule has 0 heterocycles. The van der Waals surface area contributed by atoms with Gasteiger partial charge in [0, 0.05) is 17.6 Å². The summed E-state index contributed by atoms with van der Waals surface area (Å²) in [7, 11) is -2.54. The Balaban J connectivity index is 1.71. The van der Waals surface area contributed by atoms with Crippen LogP contribution in [0.2, 0.25) is 5.02 Å². The molecule has 3 rings (SSSR count). The van der Waals surface area contributed by atoms with Crippen LogP contribution in [-0.4, -0.2) is 45.8 Å². The fourth-order valence-corrected chi connectivity index (χ4v) is 5.37. The summed E-state index contributed by atoms with van der Waals surface area (Å²) in [5.41, 5.74) is 1.58. The Hall–Kier alpha value is -2.91. The second-order valence-electron chi connectivity index (χ2n) is 8.31. The third-order valence-corrected chi connectivity index (χ3v) is 7.70. The first kappa shape index (κ1) is 27.7. The van der Waals surface area contributed by atoms with Crippen molar-refractivity contribution in [2.24, 2.45) is 0 Å². The van der Waals surface area contributed by atoms with Crippen LogP contribution in [0.4, 0.5) is 0 Å². The van der Waals surface area contributed by atoms with Crippen LogP contribution in [0.25, 0.3) is 0 Å². The highest BCUT2D eigenvalue weighted by Gasteiger charge is 2.26. The van der Waals surface area contributed by atoms with Gasteiger partial charge in [0.05, 0.1) is 35.2 Å². The van der Waals surface area contributed by atoms with E-state index in [4.69, 9.17) is 21.1 Å². The Labute approximate surface area is 216 Å². The van der Waals surface area contributed by atoms with Crippen LogP contribution in [0.3, 0.4) is 0 Å². The number of carbonyl (C=O) groups excluding carboxylic acids is 1. The number of hydrogen-bond donors (Lipinski definition) is 2. The summed E-state index contributed by atoms with van der Waals surface area (Å²) >= 11 is 5.99. The van der Waals surface area contributed by atoms with Crippen LogP contribution in [0.5, 0.6) is 5.75 Å². The van der Waals surface area contributed by atoms with E-state index < -0.39 is 21.9 Å². The minimum Gasteiger partial charge on any atom is -0.497 e. The number of rotatable bonds is 11. The summed E-state index contributed by atoms with van der Waals surface area (Å²) in [4.78, 5) is 12.4. The molecule has 7 nitrogen and oxygen atoms in total. The first-order chi connectivity index (χ1) is 17.1. The van der Waals surface area contributed by atoms with Crippen LogP contribution in [-0.2, 0) is 21.0 Å². The van der Waals surface area contributed by atoms with Crippen LogP contribution in [0.15, 0.2) is 76.5 Å². The third-order valence-electron chi connectivity index (χ3n) is 5.64. The van der Waals surface area contributed by atoms with E-state index in [0.717, 1.165) is 11.1 Å². The average molecular weight is 532 g/mol. The monoisotopic (exact) mass is 531 g/mol. The van der Waals surface area contributed by atoms with E-state index in [1.165, 1.54) is 37.4 Å². The Bertz CT molecular complexity index is 1290. The molecule has 0 unspecified atom stereocenters. The van der Waals surface area contributed by atoms with Gasteiger partial charge in [0.25, 0.3) is 0 Å². The lowest BCUT2D eigenvalue weighted by Gasteiger charge is -2.18. The minimum absolute atomic E-state index is 0.0262. The molecule has 36 heavy (non-hydrogen) atoms. The van der Waals surface area contributed by atoms with Gasteiger partial charge in [-0.05, 0) is 73.9 Å². The molecule has 3 aromatic carbocycles. The smallest absolute Gasteiger partial charge is 0.339 e. The van der Waals surface area contributed by atoms with E-state index in [-0.39, 0.29) is 28.0 Å². The van der Waals surface area contributed by atoms with Crippen LogP contribution in [0, 0.1) is 0 Å². The number of carbonyl (C=O) groups is 1. The van der Waals surface area contributed by atoms with Crippen molar-refractivity contribution < 1.29 is 27.8 Å². The fourth-order valence-electron chi connectivity index (χ4n) is 3.74. The van der Waals surface area contributed by atoms with Gasteiger partial charge in [-0.25, -0.2) is 13.2 Å². The number of ether oxygens (including phenoxy) is 2. The number of esters is 1. The Morgan fingerprint density at radius 2 is 1.81 bits per heavy atom. The molecule has 0 amide bonds. The van der Waals surface area contributed by atoms with Gasteiger partial charge in [-0.15, -0.1) is 0 Å². The molecular weight excluding hydrogens is 502 g/mol. The van der Waals surface area contributed by atoms with Gasteiger partial charge in [-0.1, -0.05) is 35.9 Å². The molecule has 3 aromatic rings. The molecule has 0 aliphatic rings. The van der Waals surface area contributed by atoms with Gasteiger partial charge in [-0.3, -0.25) is 0 Å². The second kappa shape index (κ2) is 12.4. The highest BCUT2D eigenvalue weighted by Crippen LogP contribution is 2.28. The van der Waals surface area contributed by atoms with E-state index in [1.54, 1.807) is 37.3 Å². The van der Waals surface area contributed by atoms with Gasteiger partial charge in [-0.2, -0.15) is 0 Å². The fraction of sp³-hybridized carbons (Fsp3) is 0.296. The number of hydrogen-bond acceptors (Lipinski definition) is 7. The first-order valence-corrected chi connectivity index (χ1v) is 13.4. The zero-order chi connectivity index (χ0) is 26.3. The molecular formula is C27H30ClNO6S. The van der Waals surface area contributed by atoms with Crippen molar-refractivity contribution in [3.8, 4) is 5.75 Å². The van der Waals surface area contributed by atoms with Crippen LogP contribution in [0.1, 0.15) is 41.4 Å². The van der Waals surface area contributed by atoms with Gasteiger partial charge in [0.1, 0.15) is 5.75 Å². The van der Waals surface area contributed by atoms with Crippen molar-refractivity contribution in [1.29, 1.82) is 0 Å². The zero-order valence-electron chi connectivity index (χ0n) is 20.4. The topological polar surface area (TPSA) is 102 Å². The summed E-state index contributed by atoms with van der Waals surface area (Å²) in [5, 5.41) is 14.2. The van der Waals surface area contributed by atoms with Gasteiger partial charge >= 0.3 is 5.97 Å². The van der Waals surface area contributed by atoms with E-state index in [1.807, 2.05) is 13.0 Å². The molecule has 0 aliphatic carbocycles. The van der Waals surface area contributed by atoms with E-state index in [0.29, 0.717) is 23.7 Å². The minimum atomic E-state index is -3.97. The number of aliphatic hydroxyl groups excluding tert-OH is 1. The lowest BCUT2D eigenvalue weighted by atomic mass is 10.1. The maximum Gasteiger partial charge on any atom is 0.339 e. The molecule has 0 saturated carbocycles. The van der Waals surface area contributed by atoms with Gasteiger partial charge < -0.3 is 19.9 Å². The molecule has 0 bridgehead atoms. The molecule has 0 fully saturated rings. The van der Waals surface area contributed by atoms with Crippen LogP contribution < -0.4 is 10.1 Å². The number of benzene rings is 3. The summed E-state index contributed by atoms with van der Waals surface area (Å²) in [6.07, 6.45) is -0.0732. The molecule has 0 spiro atoms. The quantitative estimate of drug-likeness (QED) is 0.348. The van der Waals surface area contributed by atoms with Crippen molar-refractivity contribution in [1.82, 2.24) is 5.32 Å². The molecule has 0 radical (unpaired) electrons. The lowest BCUT2D eigenvalue weighted by molar-refractivity contribution is 0.0521. The van der Waals surface area contributed by atoms with Crippen molar-refractivity contribution in [3.05, 3.63) is 88.4 Å². The zero-order valence-corrected chi connectivity index (χ0v) is 22.0. The highest BCUT2D eigenvalue weighted by molar-refractivity contribution is 7.91. The second-order valence-corrected chi connectivity index (χ2v) is 10.7. The third kappa shape index (κ3) is 6.85. The predicted molar refractivity (Wildman–Crippen MR) is 138 cm³/mol. The number of methoxy groups -OCH3 is 1. The van der Waals surface area contributed by atoms with Crippen molar-refractivity contribution in [2.75, 3.05) is 20.3 Å². The summed E-state index contributed by atoms with van der Waals surface area (Å²) in [5.74, 6) is -0.374.